The van der Waals surface area contributed by atoms with Gasteiger partial charge in [-0.15, -0.1) is 11.3 Å². The molecule has 0 radical (unpaired) electrons. The molecule has 1 saturated carbocycles. The molecule has 0 aliphatic heterocycles. The number of fused-ring (bicyclic) bond motifs is 1. The molecule has 1 fully saturated rings. The third-order valence-electron chi connectivity index (χ3n) is 6.79. The van der Waals surface area contributed by atoms with Crippen molar-refractivity contribution in [3.05, 3.63) is 107 Å². The predicted molar refractivity (Wildman–Crippen MR) is 154 cm³/mol. The molecular formula is C30H28N4O2S2. The first-order valence-electron chi connectivity index (χ1n) is 12.7. The molecule has 0 unspecified atom stereocenters. The van der Waals surface area contributed by atoms with E-state index in [0.29, 0.717) is 17.3 Å². The van der Waals surface area contributed by atoms with Crippen molar-refractivity contribution in [3.63, 3.8) is 0 Å². The van der Waals surface area contributed by atoms with Crippen LogP contribution in [0.5, 0.6) is 0 Å². The van der Waals surface area contributed by atoms with Gasteiger partial charge in [0.25, 0.3) is 10.0 Å². The Morgan fingerprint density at radius 3 is 2.53 bits per heavy atom. The van der Waals surface area contributed by atoms with Gasteiger partial charge >= 0.3 is 0 Å². The van der Waals surface area contributed by atoms with E-state index < -0.39 is 10.0 Å². The molecule has 0 spiro atoms. The van der Waals surface area contributed by atoms with E-state index in [1.54, 1.807) is 22.8 Å². The van der Waals surface area contributed by atoms with Crippen LogP contribution in [-0.2, 0) is 23.1 Å². The zero-order chi connectivity index (χ0) is 26.1. The molecule has 1 N–H and O–H groups in total. The van der Waals surface area contributed by atoms with Gasteiger partial charge in [-0.25, -0.2) is 18.4 Å². The first kappa shape index (κ1) is 24.7. The van der Waals surface area contributed by atoms with Crippen molar-refractivity contribution >= 4 is 38.1 Å². The highest BCUT2D eigenvalue weighted by atomic mass is 32.2. The quantitative estimate of drug-likeness (QED) is 0.227. The van der Waals surface area contributed by atoms with Crippen LogP contribution < -0.4 is 5.32 Å². The van der Waals surface area contributed by atoms with Crippen LogP contribution in [0.1, 0.15) is 29.5 Å². The fraction of sp³-hybridized carbons (Fsp3) is 0.200. The number of nitrogens with zero attached hydrogens (tertiary/aromatic N) is 3. The van der Waals surface area contributed by atoms with Gasteiger partial charge in [-0.2, -0.15) is 4.31 Å². The van der Waals surface area contributed by atoms with Crippen molar-refractivity contribution < 1.29 is 8.42 Å². The van der Waals surface area contributed by atoms with Gasteiger partial charge in [0, 0.05) is 24.5 Å². The minimum atomic E-state index is -3.51. The molecule has 5 aromatic rings. The van der Waals surface area contributed by atoms with Gasteiger partial charge in [0.1, 0.15) is 16.4 Å². The molecular weight excluding hydrogens is 512 g/mol. The van der Waals surface area contributed by atoms with Crippen LogP contribution in [-0.4, -0.2) is 28.7 Å². The van der Waals surface area contributed by atoms with Crippen molar-refractivity contribution in [1.29, 1.82) is 0 Å². The van der Waals surface area contributed by atoms with Gasteiger partial charge in [0.15, 0.2) is 0 Å². The lowest BCUT2D eigenvalue weighted by Gasteiger charge is -2.21. The maximum Gasteiger partial charge on any atom is 0.253 e. The summed E-state index contributed by atoms with van der Waals surface area (Å²) in [7, 11) is -3.51. The molecule has 0 amide bonds. The summed E-state index contributed by atoms with van der Waals surface area (Å²) >= 11 is 1.27. The number of anilines is 1. The molecule has 6 rings (SSSR count). The summed E-state index contributed by atoms with van der Waals surface area (Å²) in [6, 6.07) is 26.3. The van der Waals surface area contributed by atoms with Crippen molar-refractivity contribution in [2.75, 3.05) is 5.32 Å². The number of benzene rings is 3. The smallest absolute Gasteiger partial charge is 0.253 e. The summed E-state index contributed by atoms with van der Waals surface area (Å²) in [5.41, 5.74) is 6.32. The Bertz CT molecular complexity index is 1700. The maximum atomic E-state index is 13.3. The Hall–Kier alpha value is -3.59. The largest absolute Gasteiger partial charge is 0.365 e. The standard InChI is InChI=1S/C30H28N4O2S2/c1-21-5-2-6-22(15-21)18-31-30-27-17-25(10-13-28(27)32-20-33-30)24-8-3-7-23(16-24)19-34(26-11-12-26)38(35,36)29-9-4-14-37-29/h2-10,13-17,20,26H,11-12,18-19H2,1H3,(H,31,32,33). The van der Waals surface area contributed by atoms with E-state index in [4.69, 9.17) is 0 Å². The monoisotopic (exact) mass is 540 g/mol. The summed E-state index contributed by atoms with van der Waals surface area (Å²) in [5, 5.41) is 6.23. The average Bonchev–Trinajstić information content (AvgIpc) is 3.60. The van der Waals surface area contributed by atoms with Crippen molar-refractivity contribution in [1.82, 2.24) is 14.3 Å². The Kier molecular flexibility index (Phi) is 6.69. The molecule has 0 saturated heterocycles. The zero-order valence-electron chi connectivity index (χ0n) is 21.0. The van der Waals surface area contributed by atoms with Crippen LogP contribution in [0, 0.1) is 6.92 Å². The van der Waals surface area contributed by atoms with Crippen LogP contribution in [0.3, 0.4) is 0 Å². The van der Waals surface area contributed by atoms with Gasteiger partial charge in [-0.1, -0.05) is 60.2 Å². The molecule has 2 heterocycles. The summed E-state index contributed by atoms with van der Waals surface area (Å²) in [6.07, 6.45) is 3.41. The van der Waals surface area contributed by atoms with Crippen molar-refractivity contribution in [2.24, 2.45) is 0 Å². The number of hydrogen-bond donors (Lipinski definition) is 1. The van der Waals surface area contributed by atoms with Crippen LogP contribution in [0.4, 0.5) is 5.82 Å². The minimum absolute atomic E-state index is 0.0746. The zero-order valence-corrected chi connectivity index (χ0v) is 22.7. The predicted octanol–water partition coefficient (Wildman–Crippen LogP) is 6.63. The molecule has 1 aliphatic carbocycles. The SMILES string of the molecule is Cc1cccc(CNc2ncnc3ccc(-c4cccc(CN(C5CC5)S(=O)(=O)c5cccs5)c4)cc23)c1. The number of hydrogen-bond acceptors (Lipinski definition) is 6. The van der Waals surface area contributed by atoms with E-state index in [9.17, 15) is 8.42 Å². The van der Waals surface area contributed by atoms with Gasteiger partial charge in [-0.05, 0) is 71.7 Å². The van der Waals surface area contributed by atoms with E-state index in [2.05, 4.69) is 70.7 Å². The fourth-order valence-electron chi connectivity index (χ4n) is 4.71. The van der Waals surface area contributed by atoms with Gasteiger partial charge in [0.05, 0.1) is 5.52 Å². The Balaban J connectivity index is 1.28. The second-order valence-corrected chi connectivity index (χ2v) is 12.8. The topological polar surface area (TPSA) is 75.2 Å². The second-order valence-electron chi connectivity index (χ2n) is 9.71. The molecule has 192 valence electrons. The number of rotatable bonds is 9. The van der Waals surface area contributed by atoms with E-state index in [1.807, 2.05) is 23.6 Å². The van der Waals surface area contributed by atoms with Crippen LogP contribution >= 0.6 is 11.3 Å². The normalized spacial score (nSPS) is 13.7. The minimum Gasteiger partial charge on any atom is -0.365 e. The van der Waals surface area contributed by atoms with Crippen molar-refractivity contribution in [2.45, 2.75) is 43.1 Å². The van der Waals surface area contributed by atoms with E-state index in [0.717, 1.165) is 46.3 Å². The molecule has 3 aromatic carbocycles. The lowest BCUT2D eigenvalue weighted by Crippen LogP contribution is -2.32. The third kappa shape index (κ3) is 5.20. The van der Waals surface area contributed by atoms with Crippen molar-refractivity contribution in [3.8, 4) is 11.1 Å². The molecule has 6 nitrogen and oxygen atoms in total. The van der Waals surface area contributed by atoms with E-state index in [1.165, 1.54) is 22.5 Å². The molecule has 1 aliphatic rings. The number of aromatic nitrogens is 2. The van der Waals surface area contributed by atoms with Crippen LogP contribution in [0.2, 0.25) is 0 Å². The summed E-state index contributed by atoms with van der Waals surface area (Å²) < 4.78 is 28.7. The second kappa shape index (κ2) is 10.3. The van der Waals surface area contributed by atoms with Crippen LogP contribution in [0.25, 0.3) is 22.0 Å². The van der Waals surface area contributed by atoms with Gasteiger partial charge in [0.2, 0.25) is 0 Å². The summed E-state index contributed by atoms with van der Waals surface area (Å²) in [6.45, 7) is 3.12. The number of thiophene rings is 1. The van der Waals surface area contributed by atoms with Gasteiger partial charge < -0.3 is 5.32 Å². The van der Waals surface area contributed by atoms with E-state index in [-0.39, 0.29) is 6.04 Å². The number of sulfonamides is 1. The lowest BCUT2D eigenvalue weighted by molar-refractivity contribution is 0.400. The molecule has 0 bridgehead atoms. The average molecular weight is 541 g/mol. The highest BCUT2D eigenvalue weighted by Crippen LogP contribution is 2.35. The molecule has 2 aromatic heterocycles. The third-order valence-corrected chi connectivity index (χ3v) is 10.1. The Morgan fingerprint density at radius 1 is 0.921 bits per heavy atom. The summed E-state index contributed by atoms with van der Waals surface area (Å²) in [5.74, 6) is 0.788. The Labute approximate surface area is 227 Å². The number of nitrogens with one attached hydrogen (secondary N) is 1. The lowest BCUT2D eigenvalue weighted by atomic mass is 10.0. The Morgan fingerprint density at radius 2 is 1.74 bits per heavy atom. The first-order chi connectivity index (χ1) is 18.5. The highest BCUT2D eigenvalue weighted by Gasteiger charge is 2.38. The summed E-state index contributed by atoms with van der Waals surface area (Å²) in [4.78, 5) is 8.98. The maximum absolute atomic E-state index is 13.3. The van der Waals surface area contributed by atoms with Crippen LogP contribution in [0.15, 0.2) is 94.8 Å². The molecule has 8 heteroatoms. The van der Waals surface area contributed by atoms with E-state index >= 15 is 0 Å². The molecule has 38 heavy (non-hydrogen) atoms. The van der Waals surface area contributed by atoms with Gasteiger partial charge in [-0.3, -0.25) is 0 Å². The molecule has 0 atom stereocenters. The number of aryl methyl sites for hydroxylation is 1. The first-order valence-corrected chi connectivity index (χ1v) is 15.0. The fourth-order valence-corrected chi connectivity index (χ4v) is 7.51. The highest BCUT2D eigenvalue weighted by molar-refractivity contribution is 7.91.